The number of hydrogen-bond donors (Lipinski definition) is 0. The van der Waals surface area contributed by atoms with Crippen LogP contribution in [0.25, 0.3) is 11.1 Å². The fourth-order valence-corrected chi connectivity index (χ4v) is 8.36. The van der Waals surface area contributed by atoms with Crippen LogP contribution in [0.5, 0.6) is 5.75 Å². The van der Waals surface area contributed by atoms with Crippen LogP contribution in [0.1, 0.15) is 64.8 Å². The molecule has 4 fully saturated rings. The number of piperidine rings is 1. The molecule has 4 aliphatic heterocycles. The normalized spacial score (nSPS) is 22.2. The molecule has 4 heterocycles. The van der Waals surface area contributed by atoms with Gasteiger partial charge in [-0.2, -0.15) is 0 Å². The minimum absolute atomic E-state index is 0.0753. The molecule has 0 spiro atoms. The Labute approximate surface area is 294 Å². The van der Waals surface area contributed by atoms with Crippen LogP contribution in [0, 0.1) is 5.82 Å². The van der Waals surface area contributed by atoms with Crippen molar-refractivity contribution in [3.05, 3.63) is 75.0 Å². The highest BCUT2D eigenvalue weighted by Gasteiger charge is 2.40. The number of carbonyl (C=O) groups excluding carboxylic acids is 2. The highest BCUT2D eigenvalue weighted by atomic mass is 35.5. The van der Waals surface area contributed by atoms with Crippen LogP contribution >= 0.6 is 23.2 Å². The maximum absolute atomic E-state index is 15.9. The summed E-state index contributed by atoms with van der Waals surface area (Å²) in [7, 11) is 1.30. The molecule has 0 radical (unpaired) electrons. The van der Waals surface area contributed by atoms with E-state index in [1.807, 2.05) is 12.1 Å². The SMILES string of the molecule is COC(=O)c1cc(F)c(-c2cccc3c2OCN(C(=O)c2c(Cl)cc(N4CCC(OC5CC5)CC4)cc2Cl)C3)cc1N1C2CCC1COC2. The number of morpholine rings is 1. The van der Waals surface area contributed by atoms with E-state index in [1.54, 1.807) is 24.3 Å². The summed E-state index contributed by atoms with van der Waals surface area (Å²) in [6.45, 7) is 2.89. The molecule has 1 amide bonds. The summed E-state index contributed by atoms with van der Waals surface area (Å²) in [5.41, 5.74) is 3.44. The number of fused-ring (bicyclic) bond motifs is 3. The van der Waals surface area contributed by atoms with E-state index in [2.05, 4.69) is 9.80 Å². The number of ether oxygens (including phenoxy) is 4. The van der Waals surface area contributed by atoms with Crippen LogP contribution in [0.15, 0.2) is 42.5 Å². The number of anilines is 2. The Bertz CT molecular complexity index is 1760. The van der Waals surface area contributed by atoms with Crippen molar-refractivity contribution in [1.29, 1.82) is 0 Å². The molecule has 9 nitrogen and oxygen atoms in total. The summed E-state index contributed by atoms with van der Waals surface area (Å²) >= 11 is 13.5. The molecule has 258 valence electrons. The molecule has 2 atom stereocenters. The van der Waals surface area contributed by atoms with Gasteiger partial charge in [0.1, 0.15) is 11.6 Å². The fourth-order valence-electron chi connectivity index (χ4n) is 7.72. The Kier molecular flexibility index (Phi) is 8.84. The van der Waals surface area contributed by atoms with Gasteiger partial charge < -0.3 is 33.6 Å². The van der Waals surface area contributed by atoms with Gasteiger partial charge in [-0.1, -0.05) is 41.4 Å². The van der Waals surface area contributed by atoms with E-state index in [0.29, 0.717) is 47.4 Å². The molecule has 3 aromatic rings. The van der Waals surface area contributed by atoms with Crippen molar-refractivity contribution in [2.45, 2.75) is 69.4 Å². The number of methoxy groups -OCH3 is 1. The lowest BCUT2D eigenvalue weighted by Crippen LogP contribution is -2.46. The molecular formula is C37H38Cl2FN3O6. The zero-order valence-corrected chi connectivity index (χ0v) is 28.8. The van der Waals surface area contributed by atoms with Crippen molar-refractivity contribution in [2.75, 3.05) is 49.9 Å². The molecule has 49 heavy (non-hydrogen) atoms. The topological polar surface area (TPSA) is 80.8 Å². The standard InChI is InChI=1S/C37H38Cl2FN3O6/c1-46-37(45)29-15-32(40)28(16-33(29)43-22-5-6-23(43)19-47-18-22)27-4-2-3-21-17-42(20-48-35(21)27)36(44)34-30(38)13-24(14-31(34)39)41-11-9-26(10-12-41)49-25-7-8-25/h2-4,13-16,22-23,25-26H,5-12,17-20H2,1H3. The number of para-hydroxylation sites is 1. The van der Waals surface area contributed by atoms with Gasteiger partial charge in [-0.15, -0.1) is 0 Å². The Morgan fingerprint density at radius 1 is 0.898 bits per heavy atom. The average molecular weight is 711 g/mol. The smallest absolute Gasteiger partial charge is 0.340 e. The first-order chi connectivity index (χ1) is 23.8. The van der Waals surface area contributed by atoms with Crippen molar-refractivity contribution < 1.29 is 32.9 Å². The van der Waals surface area contributed by atoms with Gasteiger partial charge in [0.15, 0.2) is 6.73 Å². The van der Waals surface area contributed by atoms with Gasteiger partial charge in [-0.25, -0.2) is 9.18 Å². The third kappa shape index (κ3) is 6.22. The van der Waals surface area contributed by atoms with Crippen molar-refractivity contribution in [2.24, 2.45) is 0 Å². The van der Waals surface area contributed by atoms with Crippen LogP contribution in [0.4, 0.5) is 15.8 Å². The Morgan fingerprint density at radius 3 is 2.27 bits per heavy atom. The maximum atomic E-state index is 15.9. The monoisotopic (exact) mass is 709 g/mol. The van der Waals surface area contributed by atoms with E-state index in [4.69, 9.17) is 42.1 Å². The third-order valence-corrected chi connectivity index (χ3v) is 11.0. The van der Waals surface area contributed by atoms with Crippen molar-refractivity contribution >= 4 is 46.5 Å². The minimum atomic E-state index is -0.597. The maximum Gasteiger partial charge on any atom is 0.340 e. The number of nitrogens with zero attached hydrogens (tertiary/aromatic N) is 3. The lowest BCUT2D eigenvalue weighted by molar-refractivity contribution is 0.0247. The Balaban J connectivity index is 1.04. The van der Waals surface area contributed by atoms with Crippen LogP contribution < -0.4 is 14.5 Å². The Hall–Kier alpha value is -3.57. The molecule has 8 rings (SSSR count). The zero-order chi connectivity index (χ0) is 33.8. The van der Waals surface area contributed by atoms with Crippen molar-refractivity contribution in [3.8, 4) is 16.9 Å². The minimum Gasteiger partial charge on any atom is -0.472 e. The number of halogens is 3. The summed E-state index contributed by atoms with van der Waals surface area (Å²) in [5.74, 6) is -1.04. The highest BCUT2D eigenvalue weighted by Crippen LogP contribution is 2.44. The molecule has 1 aliphatic carbocycles. The molecule has 0 N–H and O–H groups in total. The Morgan fingerprint density at radius 2 is 1.59 bits per heavy atom. The van der Waals surface area contributed by atoms with Crippen LogP contribution in [-0.2, 0) is 20.8 Å². The van der Waals surface area contributed by atoms with Gasteiger partial charge in [-0.3, -0.25) is 4.79 Å². The zero-order valence-electron chi connectivity index (χ0n) is 27.3. The van der Waals surface area contributed by atoms with Crippen LogP contribution in [0.3, 0.4) is 0 Å². The molecule has 12 heteroatoms. The first kappa shape index (κ1) is 32.6. The molecule has 0 aromatic heterocycles. The summed E-state index contributed by atoms with van der Waals surface area (Å²) in [6, 6.07) is 12.2. The lowest BCUT2D eigenvalue weighted by Gasteiger charge is -2.38. The van der Waals surface area contributed by atoms with Gasteiger partial charge in [0.25, 0.3) is 5.91 Å². The summed E-state index contributed by atoms with van der Waals surface area (Å²) in [4.78, 5) is 32.6. The van der Waals surface area contributed by atoms with E-state index < -0.39 is 11.8 Å². The second-order valence-corrected chi connectivity index (χ2v) is 14.4. The number of benzene rings is 3. The van der Waals surface area contributed by atoms with Crippen LogP contribution in [0.2, 0.25) is 10.0 Å². The molecule has 2 bridgehead atoms. The molecule has 2 unspecified atom stereocenters. The first-order valence-electron chi connectivity index (χ1n) is 17.0. The van der Waals surface area contributed by atoms with Crippen molar-refractivity contribution in [1.82, 2.24) is 4.90 Å². The van der Waals surface area contributed by atoms with E-state index in [0.717, 1.165) is 57.3 Å². The van der Waals surface area contributed by atoms with E-state index in [-0.39, 0.29) is 58.5 Å². The lowest BCUT2D eigenvalue weighted by atomic mass is 9.96. The van der Waals surface area contributed by atoms with Gasteiger partial charge in [0.05, 0.1) is 78.0 Å². The van der Waals surface area contributed by atoms with E-state index >= 15 is 4.39 Å². The highest BCUT2D eigenvalue weighted by molar-refractivity contribution is 6.40. The molecule has 3 saturated heterocycles. The molecule has 1 saturated carbocycles. The van der Waals surface area contributed by atoms with E-state index in [9.17, 15) is 9.59 Å². The molecule has 5 aliphatic rings. The number of hydrogen-bond acceptors (Lipinski definition) is 8. The molecular weight excluding hydrogens is 672 g/mol. The predicted octanol–water partition coefficient (Wildman–Crippen LogP) is 7.09. The number of rotatable bonds is 7. The first-order valence-corrected chi connectivity index (χ1v) is 17.8. The van der Waals surface area contributed by atoms with Crippen LogP contribution in [-0.4, -0.2) is 81.2 Å². The van der Waals surface area contributed by atoms with Crippen molar-refractivity contribution in [3.63, 3.8) is 0 Å². The molecule has 3 aromatic carbocycles. The van der Waals surface area contributed by atoms with Gasteiger partial charge >= 0.3 is 5.97 Å². The number of amides is 1. The number of carbonyl (C=O) groups is 2. The largest absolute Gasteiger partial charge is 0.472 e. The average Bonchev–Trinajstić information content (AvgIpc) is 3.89. The van der Waals surface area contributed by atoms with Gasteiger partial charge in [-0.05, 0) is 62.8 Å². The quantitative estimate of drug-likeness (QED) is 0.241. The number of esters is 1. The van der Waals surface area contributed by atoms with Gasteiger partial charge in [0, 0.05) is 35.5 Å². The predicted molar refractivity (Wildman–Crippen MR) is 184 cm³/mol. The summed E-state index contributed by atoms with van der Waals surface area (Å²) < 4.78 is 39.0. The van der Waals surface area contributed by atoms with E-state index in [1.165, 1.54) is 18.1 Å². The second kappa shape index (κ2) is 13.3. The fraction of sp³-hybridized carbons (Fsp3) is 0.459. The van der Waals surface area contributed by atoms with Gasteiger partial charge in [0.2, 0.25) is 0 Å². The third-order valence-electron chi connectivity index (χ3n) is 10.4. The second-order valence-electron chi connectivity index (χ2n) is 13.5. The summed E-state index contributed by atoms with van der Waals surface area (Å²) in [5, 5.41) is 0.557. The summed E-state index contributed by atoms with van der Waals surface area (Å²) in [6.07, 6.45) is 6.78.